The maximum absolute atomic E-state index is 8.92. The summed E-state index contributed by atoms with van der Waals surface area (Å²) in [6.45, 7) is 1.97. The molecule has 1 aromatic carbocycles. The van der Waals surface area contributed by atoms with E-state index >= 15 is 0 Å². The number of ether oxygens (including phenoxy) is 2. The van der Waals surface area contributed by atoms with Crippen LogP contribution in [0.3, 0.4) is 0 Å². The monoisotopic (exact) mass is 257 g/mol. The molecule has 0 amide bonds. The molecule has 1 heterocycles. The summed E-state index contributed by atoms with van der Waals surface area (Å²) in [5, 5.41) is 13.1. The number of aryl methyl sites for hydroxylation is 2. The van der Waals surface area contributed by atoms with Crippen LogP contribution in [0.1, 0.15) is 11.3 Å². The van der Waals surface area contributed by atoms with Crippen LogP contribution >= 0.6 is 0 Å². The molecule has 0 bridgehead atoms. The third-order valence-corrected chi connectivity index (χ3v) is 2.98. The van der Waals surface area contributed by atoms with Gasteiger partial charge in [0.25, 0.3) is 0 Å². The Morgan fingerprint density at radius 1 is 1.21 bits per heavy atom. The van der Waals surface area contributed by atoms with Crippen molar-refractivity contribution in [1.82, 2.24) is 9.78 Å². The van der Waals surface area contributed by atoms with Gasteiger partial charge in [-0.05, 0) is 18.6 Å². The Balaban J connectivity index is 2.67. The second-order valence-corrected chi connectivity index (χ2v) is 4.17. The van der Waals surface area contributed by atoms with Gasteiger partial charge in [-0.3, -0.25) is 4.68 Å². The average molecular weight is 257 g/mol. The lowest BCUT2D eigenvalue weighted by molar-refractivity contribution is 0.394. The minimum Gasteiger partial charge on any atom is -0.497 e. The highest BCUT2D eigenvalue weighted by molar-refractivity contribution is 5.73. The molecule has 0 radical (unpaired) electrons. The molecule has 0 saturated heterocycles. The van der Waals surface area contributed by atoms with Crippen LogP contribution in [0, 0.1) is 18.3 Å². The van der Waals surface area contributed by atoms with Crippen LogP contribution in [0.25, 0.3) is 11.3 Å². The molecule has 0 unspecified atom stereocenters. The molecular formula is C14H15N3O2. The van der Waals surface area contributed by atoms with Crippen LogP contribution in [-0.4, -0.2) is 24.0 Å². The quantitative estimate of drug-likeness (QED) is 0.846. The van der Waals surface area contributed by atoms with Crippen molar-refractivity contribution < 1.29 is 9.47 Å². The van der Waals surface area contributed by atoms with E-state index < -0.39 is 0 Å². The molecule has 0 aliphatic heterocycles. The maximum Gasteiger partial charge on any atom is 0.163 e. The van der Waals surface area contributed by atoms with E-state index in [2.05, 4.69) is 5.10 Å². The molecule has 0 aliphatic rings. The van der Waals surface area contributed by atoms with Crippen molar-refractivity contribution in [3.05, 3.63) is 29.5 Å². The molecule has 5 nitrogen and oxygen atoms in total. The van der Waals surface area contributed by atoms with E-state index in [1.807, 2.05) is 25.1 Å². The van der Waals surface area contributed by atoms with Gasteiger partial charge in [0.2, 0.25) is 0 Å². The predicted octanol–water partition coefficient (Wildman–Crippen LogP) is 2.28. The Labute approximate surface area is 112 Å². The lowest BCUT2D eigenvalue weighted by atomic mass is 10.0. The van der Waals surface area contributed by atoms with Gasteiger partial charge in [0.15, 0.2) is 5.69 Å². The molecule has 0 saturated carbocycles. The number of aromatic nitrogens is 2. The predicted molar refractivity (Wildman–Crippen MR) is 71.2 cm³/mol. The van der Waals surface area contributed by atoms with Gasteiger partial charge in [0.1, 0.15) is 17.6 Å². The van der Waals surface area contributed by atoms with Crippen LogP contribution in [0.2, 0.25) is 0 Å². The highest BCUT2D eigenvalue weighted by Crippen LogP contribution is 2.36. The molecule has 0 aliphatic carbocycles. The Hall–Kier alpha value is -2.48. The van der Waals surface area contributed by atoms with Crippen LogP contribution in [-0.2, 0) is 7.05 Å². The number of methoxy groups -OCH3 is 2. The van der Waals surface area contributed by atoms with E-state index in [1.165, 1.54) is 0 Å². The van der Waals surface area contributed by atoms with Gasteiger partial charge < -0.3 is 9.47 Å². The number of nitriles is 1. The zero-order valence-corrected chi connectivity index (χ0v) is 11.4. The van der Waals surface area contributed by atoms with E-state index in [4.69, 9.17) is 14.7 Å². The average Bonchev–Trinajstić information content (AvgIpc) is 2.78. The highest BCUT2D eigenvalue weighted by Gasteiger charge is 2.16. The zero-order valence-electron chi connectivity index (χ0n) is 11.4. The van der Waals surface area contributed by atoms with Crippen LogP contribution in [0.15, 0.2) is 18.2 Å². The number of rotatable bonds is 3. The Morgan fingerprint density at radius 3 is 2.47 bits per heavy atom. The van der Waals surface area contributed by atoms with E-state index in [9.17, 15) is 0 Å². The van der Waals surface area contributed by atoms with Gasteiger partial charge in [-0.15, -0.1) is 0 Å². The molecular weight excluding hydrogens is 242 g/mol. The molecule has 0 spiro atoms. The Bertz CT molecular complexity index is 653. The van der Waals surface area contributed by atoms with Gasteiger partial charge in [-0.25, -0.2) is 0 Å². The number of hydrogen-bond donors (Lipinski definition) is 0. The first-order valence-electron chi connectivity index (χ1n) is 5.77. The third-order valence-electron chi connectivity index (χ3n) is 2.98. The topological polar surface area (TPSA) is 60.1 Å². The third kappa shape index (κ3) is 2.25. The van der Waals surface area contributed by atoms with Crippen molar-refractivity contribution in [2.75, 3.05) is 14.2 Å². The molecule has 0 atom stereocenters. The minimum atomic E-state index is 0.384. The highest BCUT2D eigenvalue weighted by atomic mass is 16.5. The summed E-state index contributed by atoms with van der Waals surface area (Å²) >= 11 is 0. The minimum absolute atomic E-state index is 0.384. The molecule has 0 fully saturated rings. The van der Waals surface area contributed by atoms with Crippen LogP contribution in [0.5, 0.6) is 11.5 Å². The summed E-state index contributed by atoms with van der Waals surface area (Å²) in [4.78, 5) is 0. The van der Waals surface area contributed by atoms with E-state index in [0.29, 0.717) is 11.4 Å². The summed E-state index contributed by atoms with van der Waals surface area (Å²) in [6.07, 6.45) is 0. The lowest BCUT2D eigenvalue weighted by Gasteiger charge is -2.13. The second-order valence-electron chi connectivity index (χ2n) is 4.17. The summed E-state index contributed by atoms with van der Waals surface area (Å²) in [5.41, 5.74) is 3.15. The molecule has 1 aromatic heterocycles. The van der Waals surface area contributed by atoms with Crippen molar-refractivity contribution in [2.45, 2.75) is 6.92 Å². The maximum atomic E-state index is 8.92. The first-order chi connectivity index (χ1) is 9.10. The number of hydrogen-bond acceptors (Lipinski definition) is 4. The molecule has 19 heavy (non-hydrogen) atoms. The standard InChI is InChI=1S/C14H15N3O2/c1-9-5-11(18-3)7-13(19-4)14(9)12-6-10(8-15)16-17(12)2/h5-7H,1-4H3. The van der Waals surface area contributed by atoms with Gasteiger partial charge in [0.05, 0.1) is 19.9 Å². The van der Waals surface area contributed by atoms with E-state index in [-0.39, 0.29) is 0 Å². The van der Waals surface area contributed by atoms with Gasteiger partial charge in [-0.2, -0.15) is 10.4 Å². The van der Waals surface area contributed by atoms with Gasteiger partial charge in [0, 0.05) is 24.7 Å². The second kappa shape index (κ2) is 5.02. The first-order valence-corrected chi connectivity index (χ1v) is 5.77. The lowest BCUT2D eigenvalue weighted by Crippen LogP contribution is -1.99. The SMILES string of the molecule is COc1cc(C)c(-c2cc(C#N)nn2C)c(OC)c1. The van der Waals surface area contributed by atoms with Crippen molar-refractivity contribution in [3.63, 3.8) is 0 Å². The van der Waals surface area contributed by atoms with E-state index in [1.54, 1.807) is 32.0 Å². The van der Waals surface area contributed by atoms with Crippen molar-refractivity contribution in [3.8, 4) is 28.8 Å². The smallest absolute Gasteiger partial charge is 0.163 e. The van der Waals surface area contributed by atoms with Gasteiger partial charge >= 0.3 is 0 Å². The van der Waals surface area contributed by atoms with Crippen LogP contribution in [0.4, 0.5) is 0 Å². The Morgan fingerprint density at radius 2 is 1.95 bits per heavy atom. The van der Waals surface area contributed by atoms with Crippen molar-refractivity contribution >= 4 is 0 Å². The van der Waals surface area contributed by atoms with Crippen molar-refractivity contribution in [1.29, 1.82) is 5.26 Å². The summed E-state index contributed by atoms with van der Waals surface area (Å²) in [6, 6.07) is 7.54. The zero-order chi connectivity index (χ0) is 14.0. The molecule has 2 aromatic rings. The first kappa shape index (κ1) is 13.0. The molecule has 2 rings (SSSR count). The summed E-state index contributed by atoms with van der Waals surface area (Å²) in [5.74, 6) is 1.44. The number of benzene rings is 1. The molecule has 5 heteroatoms. The largest absolute Gasteiger partial charge is 0.497 e. The Kier molecular flexibility index (Phi) is 3.43. The summed E-state index contributed by atoms with van der Waals surface area (Å²) in [7, 11) is 5.03. The molecule has 98 valence electrons. The van der Waals surface area contributed by atoms with Crippen molar-refractivity contribution in [2.24, 2.45) is 7.05 Å². The fourth-order valence-corrected chi connectivity index (χ4v) is 2.09. The van der Waals surface area contributed by atoms with Crippen LogP contribution < -0.4 is 9.47 Å². The molecule has 0 N–H and O–H groups in total. The summed E-state index contributed by atoms with van der Waals surface area (Å²) < 4.78 is 12.3. The van der Waals surface area contributed by atoms with E-state index in [0.717, 1.165) is 22.6 Å². The number of nitrogens with zero attached hydrogens (tertiary/aromatic N) is 3. The fourth-order valence-electron chi connectivity index (χ4n) is 2.09. The fraction of sp³-hybridized carbons (Fsp3) is 0.286. The van der Waals surface area contributed by atoms with Gasteiger partial charge in [-0.1, -0.05) is 0 Å². The normalized spacial score (nSPS) is 10.1.